The van der Waals surface area contributed by atoms with E-state index in [1.54, 1.807) is 29.7 Å². The van der Waals surface area contributed by atoms with Crippen LogP contribution in [0.25, 0.3) is 10.9 Å². The number of aryl methyl sites for hydroxylation is 4. The van der Waals surface area contributed by atoms with Crippen molar-refractivity contribution in [1.82, 2.24) is 14.0 Å². The molecule has 5 rings (SSSR count). The van der Waals surface area contributed by atoms with E-state index in [1.165, 1.54) is 24.3 Å². The van der Waals surface area contributed by atoms with E-state index in [-0.39, 0.29) is 21.5 Å². The summed E-state index contributed by atoms with van der Waals surface area (Å²) in [5, 5.41) is 1.90. The summed E-state index contributed by atoms with van der Waals surface area (Å²) in [5.74, 6) is -0.126. The molecule has 0 saturated heterocycles. The van der Waals surface area contributed by atoms with Crippen LogP contribution < -0.4 is 14.2 Å². The third kappa shape index (κ3) is 8.14. The van der Waals surface area contributed by atoms with Crippen molar-refractivity contribution in [3.63, 3.8) is 0 Å². The summed E-state index contributed by atoms with van der Waals surface area (Å²) >= 11 is 12.6. The van der Waals surface area contributed by atoms with E-state index in [0.29, 0.717) is 40.9 Å². The van der Waals surface area contributed by atoms with E-state index < -0.39 is 26.0 Å². The second kappa shape index (κ2) is 14.6. The van der Waals surface area contributed by atoms with Crippen LogP contribution in [0, 0.1) is 20.8 Å². The maximum atomic E-state index is 13.7. The van der Waals surface area contributed by atoms with Crippen molar-refractivity contribution in [2.45, 2.75) is 88.1 Å². The lowest BCUT2D eigenvalue weighted by Gasteiger charge is -2.16. The molecule has 252 valence electrons. The van der Waals surface area contributed by atoms with Gasteiger partial charge in [0.15, 0.2) is 0 Å². The van der Waals surface area contributed by atoms with Gasteiger partial charge in [0, 0.05) is 33.5 Å². The SMILES string of the molecule is Cc1cc(OCCCn2c(C(=O)NS(=O)(=O)c3ccc(S(=O)(=O)NC4CCCCCC4)cc3)c(C)c3cc(Cl)ccc32)cc(C)c1Cl. The number of carbonyl (C=O) groups excluding carboxylic acids is 1. The first kappa shape index (κ1) is 35.2. The molecular weight excluding hydrogens is 681 g/mol. The standard InChI is InChI=1S/C34H39Cl2N3O6S2/c1-22-19-27(20-23(2)32(22)36)45-18-8-17-39-31-16-11-25(35)21-30(31)24(3)33(39)34(40)38-47(43,44)29-14-12-28(13-15-29)46(41,42)37-26-9-6-4-5-7-10-26/h11-16,19-21,26,37H,4-10,17-18H2,1-3H3,(H,38,40). The van der Waals surface area contributed by atoms with Gasteiger partial charge in [-0.3, -0.25) is 4.79 Å². The Morgan fingerprint density at radius 2 is 1.45 bits per heavy atom. The fourth-order valence-electron chi connectivity index (χ4n) is 6.13. The van der Waals surface area contributed by atoms with E-state index in [9.17, 15) is 21.6 Å². The largest absolute Gasteiger partial charge is 0.494 e. The maximum Gasteiger partial charge on any atom is 0.281 e. The number of nitrogens with one attached hydrogen (secondary N) is 2. The third-order valence-electron chi connectivity index (χ3n) is 8.55. The van der Waals surface area contributed by atoms with Gasteiger partial charge in [0.05, 0.1) is 16.4 Å². The number of halogens is 2. The first-order valence-corrected chi connectivity index (χ1v) is 19.4. The zero-order chi connectivity index (χ0) is 33.9. The molecule has 1 saturated carbocycles. The average molecular weight is 721 g/mol. The van der Waals surface area contributed by atoms with Gasteiger partial charge in [0.2, 0.25) is 10.0 Å². The second-order valence-electron chi connectivity index (χ2n) is 12.1. The highest BCUT2D eigenvalue weighted by Gasteiger charge is 2.27. The summed E-state index contributed by atoms with van der Waals surface area (Å²) in [7, 11) is -8.18. The molecule has 0 spiro atoms. The average Bonchev–Trinajstić information content (AvgIpc) is 3.13. The van der Waals surface area contributed by atoms with E-state index in [2.05, 4.69) is 9.44 Å². The zero-order valence-electron chi connectivity index (χ0n) is 26.6. The molecule has 47 heavy (non-hydrogen) atoms. The molecule has 13 heteroatoms. The van der Waals surface area contributed by atoms with Gasteiger partial charge in [-0.2, -0.15) is 0 Å². The van der Waals surface area contributed by atoms with Gasteiger partial charge in [-0.15, -0.1) is 0 Å². The van der Waals surface area contributed by atoms with Crippen LogP contribution in [-0.4, -0.2) is 40.0 Å². The summed E-state index contributed by atoms with van der Waals surface area (Å²) < 4.78 is 65.4. The van der Waals surface area contributed by atoms with Crippen molar-refractivity contribution in [3.05, 3.63) is 87.0 Å². The molecule has 2 N–H and O–H groups in total. The molecule has 0 bridgehead atoms. The van der Waals surface area contributed by atoms with Crippen LogP contribution in [0.2, 0.25) is 10.0 Å². The first-order valence-electron chi connectivity index (χ1n) is 15.6. The van der Waals surface area contributed by atoms with Crippen LogP contribution in [0.5, 0.6) is 5.75 Å². The van der Waals surface area contributed by atoms with Gasteiger partial charge in [-0.05, 0) is 111 Å². The van der Waals surface area contributed by atoms with Gasteiger partial charge >= 0.3 is 0 Å². The molecule has 0 unspecified atom stereocenters. The number of aromatic nitrogens is 1. The summed E-state index contributed by atoms with van der Waals surface area (Å²) in [6.07, 6.45) is 6.16. The molecule has 1 amide bonds. The molecule has 0 aliphatic heterocycles. The Bertz CT molecular complexity index is 1980. The van der Waals surface area contributed by atoms with Crippen LogP contribution in [0.4, 0.5) is 0 Å². The third-order valence-corrected chi connectivity index (χ3v) is 12.3. The number of rotatable bonds is 11. The highest BCUT2D eigenvalue weighted by molar-refractivity contribution is 7.90. The number of hydrogen-bond donors (Lipinski definition) is 2. The van der Waals surface area contributed by atoms with Gasteiger partial charge in [-0.25, -0.2) is 26.3 Å². The van der Waals surface area contributed by atoms with Gasteiger partial charge < -0.3 is 9.30 Å². The fraction of sp³-hybridized carbons (Fsp3) is 0.382. The van der Waals surface area contributed by atoms with Crippen molar-refractivity contribution in [3.8, 4) is 5.75 Å². The number of nitrogens with zero attached hydrogens (tertiary/aromatic N) is 1. The lowest BCUT2D eigenvalue weighted by atomic mass is 10.1. The summed E-state index contributed by atoms with van der Waals surface area (Å²) in [6, 6.07) is 13.7. The number of amides is 1. The number of hydrogen-bond acceptors (Lipinski definition) is 6. The Morgan fingerprint density at radius 3 is 2.06 bits per heavy atom. The monoisotopic (exact) mass is 719 g/mol. The quantitative estimate of drug-likeness (QED) is 0.123. The number of sulfonamides is 2. The molecule has 9 nitrogen and oxygen atoms in total. The Hall–Kier alpha value is -3.09. The van der Waals surface area contributed by atoms with E-state index in [0.717, 1.165) is 60.6 Å². The van der Waals surface area contributed by atoms with Crippen LogP contribution in [0.1, 0.15) is 72.1 Å². The predicted octanol–water partition coefficient (Wildman–Crippen LogP) is 7.46. The number of fused-ring (bicyclic) bond motifs is 1. The van der Waals surface area contributed by atoms with Crippen LogP contribution in [-0.2, 0) is 26.6 Å². The molecule has 1 aromatic heterocycles. The van der Waals surface area contributed by atoms with Crippen LogP contribution >= 0.6 is 23.2 Å². The number of benzene rings is 3. The van der Waals surface area contributed by atoms with Crippen molar-refractivity contribution in [2.75, 3.05) is 6.61 Å². The van der Waals surface area contributed by atoms with Gasteiger partial charge in [0.25, 0.3) is 15.9 Å². The molecule has 1 fully saturated rings. The Balaban J connectivity index is 1.33. The van der Waals surface area contributed by atoms with Gasteiger partial charge in [0.1, 0.15) is 11.4 Å². The molecule has 0 atom stereocenters. The Kier molecular flexibility index (Phi) is 10.9. The number of ether oxygens (including phenoxy) is 1. The van der Waals surface area contributed by atoms with Crippen molar-refractivity contribution < 1.29 is 26.4 Å². The van der Waals surface area contributed by atoms with Crippen molar-refractivity contribution in [1.29, 1.82) is 0 Å². The lowest BCUT2D eigenvalue weighted by molar-refractivity contribution is 0.0971. The number of carbonyl (C=O) groups is 1. The predicted molar refractivity (Wildman–Crippen MR) is 186 cm³/mol. The minimum atomic E-state index is -4.34. The molecule has 0 radical (unpaired) electrons. The van der Waals surface area contributed by atoms with E-state index >= 15 is 0 Å². The summed E-state index contributed by atoms with van der Waals surface area (Å²) in [5.41, 5.74) is 3.30. The van der Waals surface area contributed by atoms with Crippen LogP contribution in [0.15, 0.2) is 64.4 Å². The van der Waals surface area contributed by atoms with Crippen molar-refractivity contribution >= 4 is 60.1 Å². The maximum absolute atomic E-state index is 13.7. The molecule has 3 aromatic carbocycles. The molecular formula is C34H39Cl2N3O6S2. The highest BCUT2D eigenvalue weighted by atomic mass is 35.5. The molecule has 1 heterocycles. The van der Waals surface area contributed by atoms with Gasteiger partial charge in [-0.1, -0.05) is 48.9 Å². The summed E-state index contributed by atoms with van der Waals surface area (Å²) in [4.78, 5) is 13.4. The highest BCUT2D eigenvalue weighted by Crippen LogP contribution is 2.30. The zero-order valence-corrected chi connectivity index (χ0v) is 29.8. The van der Waals surface area contributed by atoms with E-state index in [4.69, 9.17) is 27.9 Å². The Labute approximate surface area is 286 Å². The van der Waals surface area contributed by atoms with Crippen molar-refractivity contribution in [2.24, 2.45) is 0 Å². The summed E-state index contributed by atoms with van der Waals surface area (Å²) in [6.45, 7) is 6.27. The molecule has 1 aliphatic carbocycles. The van der Waals surface area contributed by atoms with E-state index in [1.807, 2.05) is 26.0 Å². The Morgan fingerprint density at radius 1 is 0.851 bits per heavy atom. The first-order chi connectivity index (χ1) is 22.3. The smallest absolute Gasteiger partial charge is 0.281 e. The second-order valence-corrected chi connectivity index (χ2v) is 16.3. The lowest BCUT2D eigenvalue weighted by Crippen LogP contribution is -2.34. The van der Waals surface area contributed by atoms with Crippen LogP contribution in [0.3, 0.4) is 0 Å². The minimum Gasteiger partial charge on any atom is -0.494 e. The molecule has 4 aromatic rings. The fourth-order valence-corrected chi connectivity index (χ4v) is 8.67. The topological polar surface area (TPSA) is 124 Å². The molecule has 1 aliphatic rings. The minimum absolute atomic E-state index is 0.0361. The normalized spacial score (nSPS) is 14.7.